The first-order valence-corrected chi connectivity index (χ1v) is 10.1. The maximum atomic E-state index is 13.8. The fourth-order valence-corrected chi connectivity index (χ4v) is 4.06. The minimum Gasteiger partial charge on any atom is -0.495 e. The molecule has 6 nitrogen and oxygen atoms in total. The summed E-state index contributed by atoms with van der Waals surface area (Å²) in [7, 11) is -2.56. The number of aryl methyl sites for hydroxylation is 1. The lowest BCUT2D eigenvalue weighted by molar-refractivity contribution is 0.102. The van der Waals surface area contributed by atoms with E-state index in [2.05, 4.69) is 10.0 Å². The maximum Gasteiger partial charge on any atom is 0.262 e. The Labute approximate surface area is 168 Å². The third-order valence-electron chi connectivity index (χ3n) is 4.21. The van der Waals surface area contributed by atoms with E-state index in [9.17, 15) is 17.6 Å². The molecule has 3 aromatic carbocycles. The van der Waals surface area contributed by atoms with Crippen LogP contribution in [0.4, 0.5) is 15.8 Å². The zero-order valence-corrected chi connectivity index (χ0v) is 16.6. The topological polar surface area (TPSA) is 84.5 Å². The Morgan fingerprint density at radius 1 is 0.966 bits per heavy atom. The highest BCUT2D eigenvalue weighted by molar-refractivity contribution is 7.92. The molecule has 0 saturated carbocycles. The number of halogens is 1. The van der Waals surface area contributed by atoms with Gasteiger partial charge in [-0.15, -0.1) is 0 Å². The van der Waals surface area contributed by atoms with Crippen molar-refractivity contribution < 1.29 is 22.3 Å². The normalized spacial score (nSPS) is 11.0. The number of benzene rings is 3. The zero-order chi connectivity index (χ0) is 21.0. The number of amides is 1. The maximum absolute atomic E-state index is 13.8. The second-order valence-corrected chi connectivity index (χ2v) is 7.87. The van der Waals surface area contributed by atoms with Crippen LogP contribution < -0.4 is 14.8 Å². The molecule has 8 heteroatoms. The third kappa shape index (κ3) is 4.55. The molecule has 0 atom stereocenters. The van der Waals surface area contributed by atoms with Crippen LogP contribution in [-0.4, -0.2) is 21.4 Å². The van der Waals surface area contributed by atoms with E-state index in [1.165, 1.54) is 43.5 Å². The van der Waals surface area contributed by atoms with Crippen LogP contribution in [0.2, 0.25) is 0 Å². The van der Waals surface area contributed by atoms with Crippen LogP contribution in [0.5, 0.6) is 5.75 Å². The number of methoxy groups -OCH3 is 1. The number of para-hydroxylation sites is 3. The number of hydrogen-bond acceptors (Lipinski definition) is 4. The SMILES string of the molecule is COc1ccccc1NS(=O)(=O)c1cc(C(=O)Nc2ccccc2F)ccc1C. The summed E-state index contributed by atoms with van der Waals surface area (Å²) < 4.78 is 47.3. The predicted octanol–water partition coefficient (Wildman–Crippen LogP) is 4.20. The second kappa shape index (κ2) is 8.32. The Morgan fingerprint density at radius 3 is 2.31 bits per heavy atom. The number of anilines is 2. The van der Waals surface area contributed by atoms with Crippen LogP contribution in [0.1, 0.15) is 15.9 Å². The standard InChI is InChI=1S/C21H19FN2O4S/c1-14-11-12-15(21(25)23-17-8-4-3-7-16(17)22)13-20(14)29(26,27)24-18-9-5-6-10-19(18)28-2/h3-13,24H,1-2H3,(H,23,25). The van der Waals surface area contributed by atoms with Crippen molar-refractivity contribution in [3.63, 3.8) is 0 Å². The molecule has 0 spiro atoms. The predicted molar refractivity (Wildman–Crippen MR) is 109 cm³/mol. The van der Waals surface area contributed by atoms with E-state index in [0.717, 1.165) is 0 Å². The molecular weight excluding hydrogens is 395 g/mol. The molecule has 0 unspecified atom stereocenters. The first kappa shape index (κ1) is 20.3. The highest BCUT2D eigenvalue weighted by Crippen LogP contribution is 2.27. The minimum atomic E-state index is -4.00. The Bertz CT molecular complexity index is 1160. The summed E-state index contributed by atoms with van der Waals surface area (Å²) >= 11 is 0. The van der Waals surface area contributed by atoms with Crippen molar-refractivity contribution in [2.75, 3.05) is 17.1 Å². The highest BCUT2D eigenvalue weighted by Gasteiger charge is 2.21. The molecule has 3 aromatic rings. The van der Waals surface area contributed by atoms with E-state index in [0.29, 0.717) is 11.3 Å². The van der Waals surface area contributed by atoms with E-state index >= 15 is 0 Å². The Balaban J connectivity index is 1.92. The van der Waals surface area contributed by atoms with Crippen molar-refractivity contribution in [2.24, 2.45) is 0 Å². The third-order valence-corrected chi connectivity index (χ3v) is 5.72. The smallest absolute Gasteiger partial charge is 0.262 e. The number of sulfonamides is 1. The largest absolute Gasteiger partial charge is 0.495 e. The van der Waals surface area contributed by atoms with E-state index in [1.54, 1.807) is 37.3 Å². The second-order valence-electron chi connectivity index (χ2n) is 6.22. The van der Waals surface area contributed by atoms with Gasteiger partial charge < -0.3 is 10.1 Å². The molecule has 0 bridgehead atoms. The number of rotatable bonds is 6. The molecule has 0 aliphatic rings. The van der Waals surface area contributed by atoms with E-state index in [1.807, 2.05) is 0 Å². The fraction of sp³-hybridized carbons (Fsp3) is 0.0952. The number of ether oxygens (including phenoxy) is 1. The van der Waals surface area contributed by atoms with Gasteiger partial charge in [0.1, 0.15) is 11.6 Å². The van der Waals surface area contributed by atoms with Gasteiger partial charge in [-0.3, -0.25) is 9.52 Å². The summed E-state index contributed by atoms with van der Waals surface area (Å²) in [6.45, 7) is 1.62. The molecule has 0 fully saturated rings. The monoisotopic (exact) mass is 414 g/mol. The number of nitrogens with one attached hydrogen (secondary N) is 2. The number of carbonyl (C=O) groups is 1. The molecule has 0 saturated heterocycles. The van der Waals surface area contributed by atoms with Crippen molar-refractivity contribution in [2.45, 2.75) is 11.8 Å². The van der Waals surface area contributed by atoms with Gasteiger partial charge in [0, 0.05) is 5.56 Å². The van der Waals surface area contributed by atoms with E-state index < -0.39 is 21.7 Å². The van der Waals surface area contributed by atoms with E-state index in [-0.39, 0.29) is 21.8 Å². The first-order valence-electron chi connectivity index (χ1n) is 8.64. The van der Waals surface area contributed by atoms with Gasteiger partial charge in [-0.2, -0.15) is 0 Å². The van der Waals surface area contributed by atoms with Gasteiger partial charge in [-0.25, -0.2) is 12.8 Å². The molecule has 3 rings (SSSR count). The summed E-state index contributed by atoms with van der Waals surface area (Å²) in [4.78, 5) is 12.4. The van der Waals surface area contributed by atoms with Crippen molar-refractivity contribution in [1.82, 2.24) is 0 Å². The Hall–Kier alpha value is -3.39. The average molecular weight is 414 g/mol. The molecule has 0 aromatic heterocycles. The van der Waals surface area contributed by atoms with Crippen LogP contribution in [0.15, 0.2) is 71.6 Å². The minimum absolute atomic E-state index is 0.00892. The van der Waals surface area contributed by atoms with Crippen LogP contribution in [0.3, 0.4) is 0 Å². The summed E-state index contributed by atoms with van der Waals surface area (Å²) in [5.41, 5.74) is 0.819. The van der Waals surface area contributed by atoms with Gasteiger partial charge in [-0.05, 0) is 48.9 Å². The lowest BCUT2D eigenvalue weighted by atomic mass is 10.1. The molecule has 0 aliphatic heterocycles. The van der Waals surface area contributed by atoms with Crippen LogP contribution in [0, 0.1) is 12.7 Å². The number of carbonyl (C=O) groups excluding carboxylic acids is 1. The average Bonchev–Trinajstić information content (AvgIpc) is 2.70. The Kier molecular flexibility index (Phi) is 5.84. The Morgan fingerprint density at radius 2 is 1.62 bits per heavy atom. The van der Waals surface area contributed by atoms with Crippen molar-refractivity contribution in [3.8, 4) is 5.75 Å². The first-order chi connectivity index (χ1) is 13.8. The summed E-state index contributed by atoms with van der Waals surface area (Å²) in [5.74, 6) is -0.843. The lowest BCUT2D eigenvalue weighted by Crippen LogP contribution is -2.17. The van der Waals surface area contributed by atoms with Gasteiger partial charge in [0.25, 0.3) is 15.9 Å². The molecule has 0 radical (unpaired) electrons. The summed E-state index contributed by atoms with van der Waals surface area (Å²) in [6.07, 6.45) is 0. The molecule has 1 amide bonds. The molecule has 2 N–H and O–H groups in total. The van der Waals surface area contributed by atoms with Gasteiger partial charge in [0.2, 0.25) is 0 Å². The molecule has 150 valence electrons. The van der Waals surface area contributed by atoms with Crippen molar-refractivity contribution >= 4 is 27.3 Å². The van der Waals surface area contributed by atoms with Gasteiger partial charge in [-0.1, -0.05) is 30.3 Å². The molecular formula is C21H19FN2O4S. The fourth-order valence-electron chi connectivity index (χ4n) is 2.72. The molecule has 0 aliphatic carbocycles. The highest BCUT2D eigenvalue weighted by atomic mass is 32.2. The van der Waals surface area contributed by atoms with Gasteiger partial charge >= 0.3 is 0 Å². The quantitative estimate of drug-likeness (QED) is 0.633. The zero-order valence-electron chi connectivity index (χ0n) is 15.8. The number of hydrogen-bond donors (Lipinski definition) is 2. The summed E-state index contributed by atoms with van der Waals surface area (Å²) in [5, 5.41) is 2.44. The van der Waals surface area contributed by atoms with Crippen molar-refractivity contribution in [1.29, 1.82) is 0 Å². The lowest BCUT2D eigenvalue weighted by Gasteiger charge is -2.14. The van der Waals surface area contributed by atoms with Crippen LogP contribution in [0.25, 0.3) is 0 Å². The van der Waals surface area contributed by atoms with Crippen LogP contribution in [-0.2, 0) is 10.0 Å². The van der Waals surface area contributed by atoms with Crippen LogP contribution >= 0.6 is 0 Å². The molecule has 29 heavy (non-hydrogen) atoms. The molecule has 0 heterocycles. The summed E-state index contributed by atoms with van der Waals surface area (Å²) in [6, 6.07) is 16.6. The van der Waals surface area contributed by atoms with Gasteiger partial charge in [0.05, 0.1) is 23.4 Å². The van der Waals surface area contributed by atoms with Gasteiger partial charge in [0.15, 0.2) is 0 Å². The van der Waals surface area contributed by atoms with Crippen molar-refractivity contribution in [3.05, 3.63) is 83.7 Å². The van der Waals surface area contributed by atoms with E-state index in [4.69, 9.17) is 4.74 Å².